The van der Waals surface area contributed by atoms with Crippen LogP contribution >= 0.6 is 23.2 Å². The van der Waals surface area contributed by atoms with Gasteiger partial charge in [0.1, 0.15) is 5.15 Å². The molecule has 0 bridgehead atoms. The van der Waals surface area contributed by atoms with Gasteiger partial charge >= 0.3 is 0 Å². The van der Waals surface area contributed by atoms with Gasteiger partial charge in [-0.1, -0.05) is 29.3 Å². The van der Waals surface area contributed by atoms with Crippen LogP contribution in [-0.4, -0.2) is 29.3 Å². The number of amides is 1. The number of rotatable bonds is 3. The normalized spacial score (nSPS) is 11.2. The van der Waals surface area contributed by atoms with Gasteiger partial charge in [0.2, 0.25) is 0 Å². The third kappa shape index (κ3) is 3.66. The van der Waals surface area contributed by atoms with E-state index in [2.05, 4.69) is 15.0 Å². The molecule has 2 heterocycles. The van der Waals surface area contributed by atoms with Crippen LogP contribution in [0.5, 0.6) is 0 Å². The number of nitrogens with zero attached hydrogens (tertiary/aromatic N) is 3. The van der Waals surface area contributed by atoms with Crippen molar-refractivity contribution in [3.8, 4) is 0 Å². The number of hydrogen-bond acceptors (Lipinski definition) is 6. The minimum Gasteiger partial charge on any atom is -0.266 e. The van der Waals surface area contributed by atoms with Gasteiger partial charge in [0.05, 0.1) is 6.20 Å². The predicted octanol–water partition coefficient (Wildman–Crippen LogP) is 1.61. The van der Waals surface area contributed by atoms with E-state index in [1.54, 1.807) is 13.0 Å². The summed E-state index contributed by atoms with van der Waals surface area (Å²) >= 11 is 11.2. The number of aromatic nitrogens is 3. The Morgan fingerprint density at radius 3 is 2.57 bits per heavy atom. The van der Waals surface area contributed by atoms with Crippen LogP contribution in [0.25, 0.3) is 0 Å². The van der Waals surface area contributed by atoms with E-state index < -0.39 is 15.9 Å². The highest BCUT2D eigenvalue weighted by atomic mass is 35.5. The highest BCUT2D eigenvalue weighted by molar-refractivity contribution is 7.90. The zero-order valence-corrected chi connectivity index (χ0v) is 12.9. The van der Waals surface area contributed by atoms with Crippen LogP contribution in [0.15, 0.2) is 29.4 Å². The molecule has 0 radical (unpaired) electrons. The van der Waals surface area contributed by atoms with Crippen molar-refractivity contribution in [2.24, 2.45) is 0 Å². The number of carbonyl (C=O) groups excluding carboxylic acids is 1. The Morgan fingerprint density at radius 1 is 1.24 bits per heavy atom. The molecule has 0 spiro atoms. The molecule has 21 heavy (non-hydrogen) atoms. The third-order valence-electron chi connectivity index (χ3n) is 2.28. The molecule has 10 heteroatoms. The first-order valence-corrected chi connectivity index (χ1v) is 7.72. The Balaban J connectivity index is 2.30. The highest BCUT2D eigenvalue weighted by Crippen LogP contribution is 2.14. The highest BCUT2D eigenvalue weighted by Gasteiger charge is 2.23. The molecule has 0 aliphatic heterocycles. The van der Waals surface area contributed by atoms with Crippen molar-refractivity contribution in [3.05, 3.63) is 46.1 Å². The maximum Gasteiger partial charge on any atom is 0.286 e. The molecule has 0 saturated heterocycles. The van der Waals surface area contributed by atoms with Gasteiger partial charge in [0.25, 0.3) is 15.9 Å². The first-order chi connectivity index (χ1) is 9.79. The van der Waals surface area contributed by atoms with E-state index in [9.17, 15) is 13.2 Å². The standard InChI is InChI=1S/C11H8Cl2N4O3S/c1-6-3-2-4-8(15-6)21(19,20)17-11(18)9-10(13)16-7(12)5-14-9/h2-5H,1H3,(H,17,18). The summed E-state index contributed by atoms with van der Waals surface area (Å²) < 4.78 is 25.9. The second kappa shape index (κ2) is 5.92. The number of hydrogen-bond donors (Lipinski definition) is 1. The maximum atomic E-state index is 12.0. The van der Waals surface area contributed by atoms with Crippen LogP contribution in [-0.2, 0) is 10.0 Å². The number of halogens is 2. The van der Waals surface area contributed by atoms with E-state index in [1.165, 1.54) is 12.1 Å². The molecule has 2 aromatic heterocycles. The van der Waals surface area contributed by atoms with E-state index in [0.29, 0.717) is 5.69 Å². The molecule has 1 N–H and O–H groups in total. The van der Waals surface area contributed by atoms with Gasteiger partial charge < -0.3 is 0 Å². The lowest BCUT2D eigenvalue weighted by Gasteiger charge is -2.07. The summed E-state index contributed by atoms with van der Waals surface area (Å²) in [5.41, 5.74) is 0.145. The Morgan fingerprint density at radius 2 is 1.95 bits per heavy atom. The summed E-state index contributed by atoms with van der Waals surface area (Å²) in [4.78, 5) is 23.0. The fraction of sp³-hybridized carbons (Fsp3) is 0.0909. The van der Waals surface area contributed by atoms with Gasteiger partial charge in [-0.05, 0) is 19.1 Å². The molecule has 2 rings (SSSR count). The first kappa shape index (κ1) is 15.6. The minimum absolute atomic E-state index is 0.0141. The summed E-state index contributed by atoms with van der Waals surface area (Å²) in [7, 11) is -4.13. The van der Waals surface area contributed by atoms with Gasteiger partial charge in [-0.25, -0.2) is 19.7 Å². The monoisotopic (exact) mass is 346 g/mol. The second-order valence-electron chi connectivity index (χ2n) is 3.88. The molecule has 0 aliphatic rings. The molecule has 0 atom stereocenters. The van der Waals surface area contributed by atoms with Crippen LogP contribution in [0.3, 0.4) is 0 Å². The van der Waals surface area contributed by atoms with Gasteiger partial charge in [-0.3, -0.25) is 4.79 Å². The summed E-state index contributed by atoms with van der Waals surface area (Å²) in [5, 5.41) is -0.596. The van der Waals surface area contributed by atoms with Crippen LogP contribution < -0.4 is 4.72 Å². The van der Waals surface area contributed by atoms with Crippen LogP contribution in [0.2, 0.25) is 10.3 Å². The largest absolute Gasteiger partial charge is 0.286 e. The molecule has 0 unspecified atom stereocenters. The molecule has 110 valence electrons. The zero-order valence-electron chi connectivity index (χ0n) is 10.5. The van der Waals surface area contributed by atoms with Crippen molar-refractivity contribution in [2.45, 2.75) is 11.9 Å². The number of nitrogens with one attached hydrogen (secondary N) is 1. The molecular weight excluding hydrogens is 339 g/mol. The number of pyridine rings is 1. The van der Waals surface area contributed by atoms with Gasteiger partial charge in [-0.2, -0.15) is 8.42 Å². The quantitative estimate of drug-likeness (QED) is 0.905. The Hall–Kier alpha value is -1.77. The first-order valence-electron chi connectivity index (χ1n) is 5.48. The fourth-order valence-corrected chi connectivity index (χ4v) is 2.76. The van der Waals surface area contributed by atoms with E-state index >= 15 is 0 Å². The second-order valence-corrected chi connectivity index (χ2v) is 6.26. The van der Waals surface area contributed by atoms with Gasteiger partial charge in [0, 0.05) is 5.69 Å². The van der Waals surface area contributed by atoms with Crippen molar-refractivity contribution in [3.63, 3.8) is 0 Å². The average molecular weight is 347 g/mol. The number of sulfonamides is 1. The molecule has 2 aromatic rings. The SMILES string of the molecule is Cc1cccc(S(=O)(=O)NC(=O)c2ncc(Cl)nc2Cl)n1. The summed E-state index contributed by atoms with van der Waals surface area (Å²) in [6, 6.07) is 4.40. The van der Waals surface area contributed by atoms with Crippen molar-refractivity contribution >= 4 is 39.1 Å². The average Bonchev–Trinajstić information content (AvgIpc) is 2.37. The lowest BCUT2D eigenvalue weighted by atomic mass is 10.4. The smallest absolute Gasteiger partial charge is 0.266 e. The summed E-state index contributed by atoms with van der Waals surface area (Å²) in [5.74, 6) is -1.02. The van der Waals surface area contributed by atoms with E-state index in [-0.39, 0.29) is 21.0 Å². The molecule has 7 nitrogen and oxygen atoms in total. The number of aryl methyl sites for hydroxylation is 1. The Bertz CT molecular complexity index is 811. The van der Waals surface area contributed by atoms with Crippen LogP contribution in [0, 0.1) is 6.92 Å². The minimum atomic E-state index is -4.13. The van der Waals surface area contributed by atoms with Crippen molar-refractivity contribution < 1.29 is 13.2 Å². The van der Waals surface area contributed by atoms with Gasteiger partial charge in [0.15, 0.2) is 15.9 Å². The number of carbonyl (C=O) groups is 1. The fourth-order valence-electron chi connectivity index (χ4n) is 1.39. The summed E-state index contributed by atoms with van der Waals surface area (Å²) in [6.45, 7) is 1.63. The lowest BCUT2D eigenvalue weighted by Crippen LogP contribution is -2.32. The Kier molecular flexibility index (Phi) is 4.40. The molecule has 0 aromatic carbocycles. The van der Waals surface area contributed by atoms with Crippen molar-refractivity contribution in [1.82, 2.24) is 19.7 Å². The summed E-state index contributed by atoms with van der Waals surface area (Å²) in [6.07, 6.45) is 1.08. The molecule has 0 saturated carbocycles. The molecular formula is C11H8Cl2N4O3S. The Labute approximate surface area is 130 Å². The molecule has 1 amide bonds. The topological polar surface area (TPSA) is 102 Å². The predicted molar refractivity (Wildman–Crippen MR) is 75.7 cm³/mol. The zero-order chi connectivity index (χ0) is 15.6. The third-order valence-corrected chi connectivity index (χ3v) is 3.96. The molecule has 0 aliphatic carbocycles. The van der Waals surface area contributed by atoms with Crippen molar-refractivity contribution in [2.75, 3.05) is 0 Å². The van der Waals surface area contributed by atoms with E-state index in [0.717, 1.165) is 6.20 Å². The van der Waals surface area contributed by atoms with Gasteiger partial charge in [-0.15, -0.1) is 0 Å². The van der Waals surface area contributed by atoms with Crippen molar-refractivity contribution in [1.29, 1.82) is 0 Å². The molecule has 0 fully saturated rings. The van der Waals surface area contributed by atoms with Crippen LogP contribution in [0.4, 0.5) is 0 Å². The lowest BCUT2D eigenvalue weighted by molar-refractivity contribution is 0.0976. The van der Waals surface area contributed by atoms with E-state index in [4.69, 9.17) is 23.2 Å². The van der Waals surface area contributed by atoms with E-state index in [1.807, 2.05) is 4.72 Å². The maximum absolute atomic E-state index is 12.0. The van der Waals surface area contributed by atoms with Crippen LogP contribution in [0.1, 0.15) is 16.2 Å².